The molecule has 0 saturated carbocycles. The van der Waals surface area contributed by atoms with Gasteiger partial charge in [-0.1, -0.05) is 60.1 Å². The second-order valence-electron chi connectivity index (χ2n) is 7.84. The molecule has 5 rings (SSSR count). The van der Waals surface area contributed by atoms with Gasteiger partial charge in [-0.05, 0) is 42.3 Å². The van der Waals surface area contributed by atoms with Crippen molar-refractivity contribution in [1.82, 2.24) is 9.78 Å². The average Bonchev–Trinajstić information content (AvgIpc) is 3.10. The maximum absolute atomic E-state index is 13.7. The molecule has 0 spiro atoms. The first-order valence-electron chi connectivity index (χ1n) is 10.1. The zero-order valence-electron chi connectivity index (χ0n) is 17.1. The third-order valence-corrected chi connectivity index (χ3v) is 6.35. The molecule has 5 nitrogen and oxygen atoms in total. The first-order chi connectivity index (χ1) is 15.0. The predicted molar refractivity (Wildman–Crippen MR) is 122 cm³/mol. The molecule has 6 heteroatoms. The van der Waals surface area contributed by atoms with Crippen molar-refractivity contribution < 1.29 is 9.59 Å². The molecule has 31 heavy (non-hydrogen) atoms. The number of hydrogen-bond acceptors (Lipinski definition) is 3. The highest BCUT2D eigenvalue weighted by Gasteiger charge is 2.37. The zero-order chi connectivity index (χ0) is 21.7. The smallest absolute Gasteiger partial charge is 0.226 e. The number of Topliss-reactive ketones (excluding diaryl/α,β-unsaturated/α-hetero) is 1. The lowest BCUT2D eigenvalue weighted by molar-refractivity contribution is -0.116. The van der Waals surface area contributed by atoms with Crippen molar-refractivity contribution in [2.75, 3.05) is 5.32 Å². The molecule has 1 amide bonds. The monoisotopic (exact) mass is 429 g/mol. The van der Waals surface area contributed by atoms with Gasteiger partial charge in [-0.15, -0.1) is 0 Å². The van der Waals surface area contributed by atoms with Gasteiger partial charge in [-0.3, -0.25) is 9.59 Å². The first kappa shape index (κ1) is 19.5. The Labute approximate surface area is 184 Å². The highest BCUT2D eigenvalue weighted by molar-refractivity contribution is 6.31. The number of ketones is 1. The predicted octanol–water partition coefficient (Wildman–Crippen LogP) is 5.60. The summed E-state index contributed by atoms with van der Waals surface area (Å²) in [4.78, 5) is 26.4. The molecule has 2 heterocycles. The van der Waals surface area contributed by atoms with Gasteiger partial charge >= 0.3 is 0 Å². The van der Waals surface area contributed by atoms with Gasteiger partial charge in [0.1, 0.15) is 5.82 Å². The summed E-state index contributed by atoms with van der Waals surface area (Å²) in [5.74, 6) is -0.328. The molecule has 0 bridgehead atoms. The fraction of sp³-hybridized carbons (Fsp3) is 0.160. The zero-order valence-corrected chi connectivity index (χ0v) is 17.9. The summed E-state index contributed by atoms with van der Waals surface area (Å²) < 4.78 is 1.69. The quantitative estimate of drug-likeness (QED) is 0.431. The second kappa shape index (κ2) is 7.36. The Kier molecular flexibility index (Phi) is 4.63. The van der Waals surface area contributed by atoms with Gasteiger partial charge < -0.3 is 5.32 Å². The van der Waals surface area contributed by atoms with Crippen LogP contribution in [-0.2, 0) is 4.79 Å². The minimum absolute atomic E-state index is 0.0710. The number of hydrogen-bond donors (Lipinski definition) is 1. The van der Waals surface area contributed by atoms with E-state index < -0.39 is 5.92 Å². The van der Waals surface area contributed by atoms with Crippen LogP contribution in [0.4, 0.5) is 5.82 Å². The van der Waals surface area contributed by atoms with Crippen LogP contribution < -0.4 is 5.32 Å². The van der Waals surface area contributed by atoms with Crippen LogP contribution in [0.2, 0.25) is 5.02 Å². The van der Waals surface area contributed by atoms with Gasteiger partial charge in [0, 0.05) is 22.6 Å². The van der Waals surface area contributed by atoms with Gasteiger partial charge in [-0.25, -0.2) is 4.68 Å². The van der Waals surface area contributed by atoms with E-state index in [1.165, 1.54) is 0 Å². The Morgan fingerprint density at radius 1 is 1.06 bits per heavy atom. The molecular formula is C25H20ClN3O2. The van der Waals surface area contributed by atoms with E-state index in [2.05, 4.69) is 10.4 Å². The van der Waals surface area contributed by atoms with Crippen molar-refractivity contribution in [2.24, 2.45) is 0 Å². The van der Waals surface area contributed by atoms with Crippen molar-refractivity contribution in [1.29, 1.82) is 0 Å². The fourth-order valence-corrected chi connectivity index (χ4v) is 4.57. The van der Waals surface area contributed by atoms with Crippen molar-refractivity contribution >= 4 is 39.9 Å². The van der Waals surface area contributed by atoms with Crippen LogP contribution in [0.25, 0.3) is 16.5 Å². The normalized spacial score (nSPS) is 15.6. The van der Waals surface area contributed by atoms with Gasteiger partial charge in [0.05, 0.1) is 17.3 Å². The lowest BCUT2D eigenvalue weighted by Crippen LogP contribution is -2.28. The maximum Gasteiger partial charge on any atom is 0.226 e. The Balaban J connectivity index is 1.67. The summed E-state index contributed by atoms with van der Waals surface area (Å²) in [7, 11) is 0. The minimum Gasteiger partial charge on any atom is -0.310 e. The van der Waals surface area contributed by atoms with Crippen LogP contribution in [0.1, 0.15) is 39.5 Å². The van der Waals surface area contributed by atoms with E-state index in [1.54, 1.807) is 4.68 Å². The molecule has 0 aliphatic carbocycles. The highest BCUT2D eigenvalue weighted by atomic mass is 35.5. The van der Waals surface area contributed by atoms with E-state index in [4.69, 9.17) is 11.6 Å². The number of amides is 1. The molecule has 0 fully saturated rings. The van der Waals surface area contributed by atoms with E-state index in [1.807, 2.05) is 74.5 Å². The van der Waals surface area contributed by atoms with Crippen molar-refractivity contribution in [3.05, 3.63) is 88.1 Å². The molecule has 3 aromatic carbocycles. The van der Waals surface area contributed by atoms with Crippen LogP contribution >= 0.6 is 11.6 Å². The van der Waals surface area contributed by atoms with Crippen LogP contribution in [0.15, 0.2) is 60.7 Å². The minimum atomic E-state index is -0.595. The molecule has 1 unspecified atom stereocenters. The van der Waals surface area contributed by atoms with E-state index in [9.17, 15) is 9.59 Å². The first-order valence-corrected chi connectivity index (χ1v) is 10.5. The Bertz CT molecular complexity index is 1370. The molecule has 154 valence electrons. The molecular weight excluding hydrogens is 410 g/mol. The largest absolute Gasteiger partial charge is 0.310 e. The lowest BCUT2D eigenvalue weighted by Gasteiger charge is -2.24. The van der Waals surface area contributed by atoms with E-state index in [0.29, 0.717) is 22.1 Å². The highest BCUT2D eigenvalue weighted by Crippen LogP contribution is 2.40. The Morgan fingerprint density at radius 3 is 2.65 bits per heavy atom. The number of rotatable bonds is 3. The number of benzene rings is 3. The van der Waals surface area contributed by atoms with E-state index in [-0.39, 0.29) is 18.1 Å². The Hall–Kier alpha value is -3.44. The number of halogens is 1. The van der Waals surface area contributed by atoms with Crippen molar-refractivity contribution in [3.8, 4) is 5.69 Å². The van der Waals surface area contributed by atoms with Crippen molar-refractivity contribution in [3.63, 3.8) is 0 Å². The number of carbonyl (C=O) groups is 2. The standard InChI is InChI=1S/C25H20ClN3O2/c1-14-20(26)11-6-12-21(14)29-25-23(15(2)28-29)19(13-22(30)27-25)24(31)18-10-5-8-16-7-3-4-9-17(16)18/h3-12,19H,13H2,1-2H3,(H,27,30). The van der Waals surface area contributed by atoms with Crippen LogP contribution in [-0.4, -0.2) is 21.5 Å². The summed E-state index contributed by atoms with van der Waals surface area (Å²) in [6, 6.07) is 19.0. The molecule has 1 aliphatic rings. The molecule has 1 aliphatic heterocycles. The summed E-state index contributed by atoms with van der Waals surface area (Å²) in [5.41, 5.74) is 3.72. The number of nitrogens with zero attached hydrogens (tertiary/aromatic N) is 2. The number of aromatic nitrogens is 2. The topological polar surface area (TPSA) is 64.0 Å². The summed E-state index contributed by atoms with van der Waals surface area (Å²) in [6.07, 6.45) is 0.0934. The van der Waals surface area contributed by atoms with Gasteiger partial charge in [-0.2, -0.15) is 5.10 Å². The van der Waals surface area contributed by atoms with Crippen LogP contribution in [0, 0.1) is 13.8 Å². The third kappa shape index (κ3) is 3.13. The van der Waals surface area contributed by atoms with Gasteiger partial charge in [0.15, 0.2) is 5.78 Å². The summed E-state index contributed by atoms with van der Waals surface area (Å²) in [5, 5.41) is 10.1. The fourth-order valence-electron chi connectivity index (χ4n) is 4.40. The SMILES string of the molecule is Cc1nn(-c2cccc(Cl)c2C)c2c1C(C(=O)c1cccc3ccccc13)CC(=O)N2. The van der Waals surface area contributed by atoms with E-state index in [0.717, 1.165) is 27.6 Å². The average molecular weight is 430 g/mol. The number of aryl methyl sites for hydroxylation is 1. The van der Waals surface area contributed by atoms with Crippen molar-refractivity contribution in [2.45, 2.75) is 26.2 Å². The van der Waals surface area contributed by atoms with Gasteiger partial charge in [0.25, 0.3) is 0 Å². The number of anilines is 1. The van der Waals surface area contributed by atoms with Crippen LogP contribution in [0.3, 0.4) is 0 Å². The molecule has 1 N–H and O–H groups in total. The number of nitrogens with one attached hydrogen (secondary N) is 1. The maximum atomic E-state index is 13.7. The molecule has 1 atom stereocenters. The van der Waals surface area contributed by atoms with Crippen LogP contribution in [0.5, 0.6) is 0 Å². The third-order valence-electron chi connectivity index (χ3n) is 5.94. The summed E-state index contributed by atoms with van der Waals surface area (Å²) in [6.45, 7) is 3.78. The number of carbonyl (C=O) groups excluding carboxylic acids is 2. The second-order valence-corrected chi connectivity index (χ2v) is 8.25. The van der Waals surface area contributed by atoms with E-state index >= 15 is 0 Å². The lowest BCUT2D eigenvalue weighted by atomic mass is 9.84. The molecule has 4 aromatic rings. The van der Waals surface area contributed by atoms with Gasteiger partial charge in [0.2, 0.25) is 5.91 Å². The summed E-state index contributed by atoms with van der Waals surface area (Å²) >= 11 is 6.31. The number of fused-ring (bicyclic) bond motifs is 2. The molecule has 0 saturated heterocycles. The molecule has 0 radical (unpaired) electrons. The molecule has 1 aromatic heterocycles. The Morgan fingerprint density at radius 2 is 1.81 bits per heavy atom.